The summed E-state index contributed by atoms with van der Waals surface area (Å²) in [5.41, 5.74) is 0.744. The van der Waals surface area contributed by atoms with E-state index in [4.69, 9.17) is 4.74 Å². The zero-order valence-electron chi connectivity index (χ0n) is 13.1. The Morgan fingerprint density at radius 3 is 2.83 bits per heavy atom. The van der Waals surface area contributed by atoms with Crippen LogP contribution >= 0.6 is 0 Å². The van der Waals surface area contributed by atoms with Crippen LogP contribution in [0.1, 0.15) is 16.8 Å². The molecular formula is C19H17N3O2. The second-order valence-electron chi connectivity index (χ2n) is 5.87. The molecule has 0 aliphatic carbocycles. The lowest BCUT2D eigenvalue weighted by molar-refractivity contribution is 0.0773. The predicted molar refractivity (Wildman–Crippen MR) is 90.9 cm³/mol. The third kappa shape index (κ3) is 2.80. The van der Waals surface area contributed by atoms with Gasteiger partial charge in [-0.2, -0.15) is 5.10 Å². The van der Waals surface area contributed by atoms with Crippen LogP contribution in [-0.4, -0.2) is 40.2 Å². The molecule has 1 aromatic heterocycles. The van der Waals surface area contributed by atoms with E-state index in [9.17, 15) is 4.79 Å². The average molecular weight is 319 g/mol. The maximum Gasteiger partial charge on any atom is 0.254 e. The highest BCUT2D eigenvalue weighted by Crippen LogP contribution is 2.23. The maximum absolute atomic E-state index is 12.9. The van der Waals surface area contributed by atoms with Crippen LogP contribution < -0.4 is 4.74 Å². The molecule has 2 aromatic carbocycles. The molecule has 0 bridgehead atoms. The van der Waals surface area contributed by atoms with Gasteiger partial charge in [-0.25, -0.2) is 0 Å². The lowest BCUT2D eigenvalue weighted by Crippen LogP contribution is -2.31. The maximum atomic E-state index is 12.9. The van der Waals surface area contributed by atoms with Crippen molar-refractivity contribution in [2.45, 2.75) is 12.5 Å². The van der Waals surface area contributed by atoms with Crippen LogP contribution in [0.3, 0.4) is 0 Å². The number of nitrogens with zero attached hydrogens (tertiary/aromatic N) is 3. The number of amides is 1. The highest BCUT2D eigenvalue weighted by Gasteiger charge is 2.29. The normalized spacial score (nSPS) is 17.2. The standard InChI is InChI=1S/C19H17N3O2/c23-19(17-8-3-6-14-5-1-2-7-16(14)17)22-12-10-15(13-22)24-18-9-4-11-20-21-18/h1-9,11,15H,10,12-13H2. The van der Waals surface area contributed by atoms with Gasteiger partial charge >= 0.3 is 0 Å². The van der Waals surface area contributed by atoms with E-state index in [0.717, 1.165) is 22.8 Å². The minimum atomic E-state index is -0.0411. The lowest BCUT2D eigenvalue weighted by atomic mass is 10.0. The number of rotatable bonds is 3. The smallest absolute Gasteiger partial charge is 0.254 e. The van der Waals surface area contributed by atoms with Crippen LogP contribution in [0, 0.1) is 0 Å². The molecule has 5 nitrogen and oxygen atoms in total. The first-order chi connectivity index (χ1) is 11.8. The number of fused-ring (bicyclic) bond motifs is 1. The van der Waals surface area contributed by atoms with Gasteiger partial charge in [-0.15, -0.1) is 5.10 Å². The van der Waals surface area contributed by atoms with Gasteiger partial charge in [0.05, 0.1) is 6.54 Å². The number of hydrogen-bond acceptors (Lipinski definition) is 4. The Labute approximate surface area is 139 Å². The van der Waals surface area contributed by atoms with Gasteiger partial charge in [0, 0.05) is 30.8 Å². The molecule has 4 rings (SSSR count). The Balaban J connectivity index is 1.51. The van der Waals surface area contributed by atoms with Crippen molar-refractivity contribution in [3.05, 3.63) is 66.4 Å². The summed E-state index contributed by atoms with van der Waals surface area (Å²) >= 11 is 0. The molecule has 3 aromatic rings. The van der Waals surface area contributed by atoms with E-state index >= 15 is 0 Å². The number of hydrogen-bond donors (Lipinski definition) is 0. The molecule has 1 aliphatic heterocycles. The van der Waals surface area contributed by atoms with Crippen molar-refractivity contribution in [2.75, 3.05) is 13.1 Å². The Morgan fingerprint density at radius 2 is 1.96 bits per heavy atom. The SMILES string of the molecule is O=C(c1cccc2ccccc12)N1CCC(Oc2cccnn2)C1. The molecule has 5 heteroatoms. The van der Waals surface area contributed by atoms with Crippen molar-refractivity contribution in [1.82, 2.24) is 15.1 Å². The summed E-state index contributed by atoms with van der Waals surface area (Å²) < 4.78 is 5.81. The molecule has 1 unspecified atom stereocenters. The topological polar surface area (TPSA) is 55.3 Å². The van der Waals surface area contributed by atoms with Crippen molar-refractivity contribution in [2.24, 2.45) is 0 Å². The van der Waals surface area contributed by atoms with Gasteiger partial charge in [0.1, 0.15) is 6.10 Å². The summed E-state index contributed by atoms with van der Waals surface area (Å²) in [6.45, 7) is 1.26. The lowest BCUT2D eigenvalue weighted by Gasteiger charge is -2.18. The molecule has 1 atom stereocenters. The molecule has 1 fully saturated rings. The quantitative estimate of drug-likeness (QED) is 0.745. The number of benzene rings is 2. The first-order valence-corrected chi connectivity index (χ1v) is 8.03. The largest absolute Gasteiger partial charge is 0.471 e. The molecular weight excluding hydrogens is 302 g/mol. The molecule has 0 saturated carbocycles. The highest BCUT2D eigenvalue weighted by atomic mass is 16.5. The average Bonchev–Trinajstić information content (AvgIpc) is 3.10. The van der Waals surface area contributed by atoms with Gasteiger partial charge in [-0.3, -0.25) is 4.79 Å². The van der Waals surface area contributed by atoms with Crippen molar-refractivity contribution in [1.29, 1.82) is 0 Å². The van der Waals surface area contributed by atoms with E-state index in [1.54, 1.807) is 18.3 Å². The Morgan fingerprint density at radius 1 is 1.08 bits per heavy atom. The second kappa shape index (κ2) is 6.28. The monoisotopic (exact) mass is 319 g/mol. The fourth-order valence-electron chi connectivity index (χ4n) is 3.11. The van der Waals surface area contributed by atoms with Crippen molar-refractivity contribution >= 4 is 16.7 Å². The summed E-state index contributed by atoms with van der Waals surface area (Å²) in [5, 5.41) is 9.81. The van der Waals surface area contributed by atoms with Crippen molar-refractivity contribution in [3.8, 4) is 5.88 Å². The number of likely N-dealkylation sites (tertiary alicyclic amines) is 1. The third-order valence-corrected chi connectivity index (χ3v) is 4.29. The summed E-state index contributed by atoms with van der Waals surface area (Å²) in [6.07, 6.45) is 2.37. The fourth-order valence-corrected chi connectivity index (χ4v) is 3.11. The number of aromatic nitrogens is 2. The highest BCUT2D eigenvalue weighted by molar-refractivity contribution is 6.07. The van der Waals surface area contributed by atoms with E-state index in [1.165, 1.54) is 0 Å². The van der Waals surface area contributed by atoms with E-state index in [0.29, 0.717) is 19.0 Å². The van der Waals surface area contributed by atoms with Crippen LogP contribution in [0.5, 0.6) is 5.88 Å². The van der Waals surface area contributed by atoms with Crippen LogP contribution in [0.4, 0.5) is 0 Å². The molecule has 24 heavy (non-hydrogen) atoms. The zero-order chi connectivity index (χ0) is 16.4. The second-order valence-corrected chi connectivity index (χ2v) is 5.87. The van der Waals surface area contributed by atoms with Crippen LogP contribution in [0.2, 0.25) is 0 Å². The summed E-state index contributed by atoms with van der Waals surface area (Å²) in [5.74, 6) is 0.555. The van der Waals surface area contributed by atoms with Crippen molar-refractivity contribution < 1.29 is 9.53 Å². The number of carbonyl (C=O) groups is 1. The van der Waals surface area contributed by atoms with Gasteiger partial charge in [-0.05, 0) is 22.9 Å². The summed E-state index contributed by atoms with van der Waals surface area (Å²) in [4.78, 5) is 14.8. The van der Waals surface area contributed by atoms with Crippen LogP contribution in [-0.2, 0) is 0 Å². The first kappa shape index (κ1) is 14.6. The minimum absolute atomic E-state index is 0.0411. The van der Waals surface area contributed by atoms with E-state index < -0.39 is 0 Å². The van der Waals surface area contributed by atoms with E-state index in [1.807, 2.05) is 47.4 Å². The molecule has 1 aliphatic rings. The summed E-state index contributed by atoms with van der Waals surface area (Å²) in [6, 6.07) is 17.4. The molecule has 1 saturated heterocycles. The Hall–Kier alpha value is -2.95. The Bertz CT molecular complexity index is 861. The van der Waals surface area contributed by atoms with Gasteiger partial charge in [0.2, 0.25) is 5.88 Å². The first-order valence-electron chi connectivity index (χ1n) is 8.03. The minimum Gasteiger partial charge on any atom is -0.471 e. The molecule has 1 amide bonds. The predicted octanol–water partition coefficient (Wildman–Crippen LogP) is 2.92. The molecule has 0 radical (unpaired) electrons. The van der Waals surface area contributed by atoms with Gasteiger partial charge < -0.3 is 9.64 Å². The molecule has 2 heterocycles. The molecule has 0 N–H and O–H groups in total. The van der Waals surface area contributed by atoms with Gasteiger partial charge in [-0.1, -0.05) is 36.4 Å². The van der Waals surface area contributed by atoms with Crippen LogP contribution in [0.25, 0.3) is 10.8 Å². The van der Waals surface area contributed by atoms with Gasteiger partial charge in [0.25, 0.3) is 5.91 Å². The van der Waals surface area contributed by atoms with E-state index in [-0.39, 0.29) is 12.0 Å². The van der Waals surface area contributed by atoms with E-state index in [2.05, 4.69) is 10.2 Å². The van der Waals surface area contributed by atoms with Crippen LogP contribution in [0.15, 0.2) is 60.8 Å². The third-order valence-electron chi connectivity index (χ3n) is 4.29. The molecule has 0 spiro atoms. The van der Waals surface area contributed by atoms with Crippen molar-refractivity contribution in [3.63, 3.8) is 0 Å². The zero-order valence-corrected chi connectivity index (χ0v) is 13.1. The molecule has 120 valence electrons. The number of ether oxygens (including phenoxy) is 1. The number of carbonyl (C=O) groups excluding carboxylic acids is 1. The Kier molecular flexibility index (Phi) is 3.83. The summed E-state index contributed by atoms with van der Waals surface area (Å²) in [7, 11) is 0. The fraction of sp³-hybridized carbons (Fsp3) is 0.211. The van der Waals surface area contributed by atoms with Gasteiger partial charge in [0.15, 0.2) is 0 Å².